The number of carbonyl (C=O) groups excluding carboxylic acids is 1. The van der Waals surface area contributed by atoms with Gasteiger partial charge in [-0.1, -0.05) is 6.07 Å². The van der Waals surface area contributed by atoms with Gasteiger partial charge in [-0.2, -0.15) is 0 Å². The summed E-state index contributed by atoms with van der Waals surface area (Å²) in [6.45, 7) is 3.29. The Kier molecular flexibility index (Phi) is 6.60. The van der Waals surface area contributed by atoms with Gasteiger partial charge < -0.3 is 15.8 Å². The predicted molar refractivity (Wildman–Crippen MR) is 75.8 cm³/mol. The summed E-state index contributed by atoms with van der Waals surface area (Å²) < 4.78 is 4.91. The molecule has 1 aromatic carbocycles. The van der Waals surface area contributed by atoms with Gasteiger partial charge in [-0.05, 0) is 31.0 Å². The summed E-state index contributed by atoms with van der Waals surface area (Å²) in [5.74, 6) is 0.454. The molecule has 0 saturated carbocycles. The minimum atomic E-state index is 0.0397. The first-order valence-corrected chi connectivity index (χ1v) is 6.87. The van der Waals surface area contributed by atoms with Crippen LogP contribution in [0, 0.1) is 6.92 Å². The maximum atomic E-state index is 11.6. The van der Waals surface area contributed by atoms with Gasteiger partial charge in [-0.15, -0.1) is 11.8 Å². The molecule has 0 unspecified atom stereocenters. The molecule has 0 aliphatic rings. The zero-order valence-electron chi connectivity index (χ0n) is 10.9. The zero-order chi connectivity index (χ0) is 13.4. The van der Waals surface area contributed by atoms with Crippen LogP contribution >= 0.6 is 11.8 Å². The first-order chi connectivity index (χ1) is 8.65. The average molecular weight is 268 g/mol. The van der Waals surface area contributed by atoms with Gasteiger partial charge in [-0.25, -0.2) is 0 Å². The molecule has 18 heavy (non-hydrogen) atoms. The van der Waals surface area contributed by atoms with Crippen molar-refractivity contribution in [3.05, 3.63) is 23.8 Å². The quantitative estimate of drug-likeness (QED) is 0.450. The minimum absolute atomic E-state index is 0.0397. The Bertz CT molecular complexity index is 397. The van der Waals surface area contributed by atoms with Crippen LogP contribution in [0.3, 0.4) is 0 Å². The van der Waals surface area contributed by atoms with Gasteiger partial charge in [0.25, 0.3) is 0 Å². The normalized spacial score (nSPS) is 10.3. The summed E-state index contributed by atoms with van der Waals surface area (Å²) in [7, 11) is 1.65. The second-order valence-corrected chi connectivity index (χ2v) is 4.97. The van der Waals surface area contributed by atoms with Gasteiger partial charge in [0.15, 0.2) is 0 Å². The fourth-order valence-electron chi connectivity index (χ4n) is 1.43. The summed E-state index contributed by atoms with van der Waals surface area (Å²) in [5.41, 5.74) is 7.61. The topological polar surface area (TPSA) is 64.3 Å². The van der Waals surface area contributed by atoms with Crippen LogP contribution in [0.1, 0.15) is 12.0 Å². The maximum Gasteiger partial charge on any atom is 0.230 e. The predicted octanol–water partition coefficient (Wildman–Crippen LogP) is 1.82. The number of amides is 1. The van der Waals surface area contributed by atoms with Crippen LogP contribution in [0.4, 0.5) is 5.69 Å². The average Bonchev–Trinajstić information content (AvgIpc) is 2.36. The molecule has 0 atom stereocenters. The van der Waals surface area contributed by atoms with Crippen LogP contribution in [0.2, 0.25) is 0 Å². The highest BCUT2D eigenvalue weighted by Gasteiger charge is 2.05. The number of ether oxygens (including phenoxy) is 1. The van der Waals surface area contributed by atoms with Crippen molar-refractivity contribution in [2.24, 2.45) is 0 Å². The molecule has 0 aromatic heterocycles. The van der Waals surface area contributed by atoms with E-state index in [1.807, 2.05) is 25.1 Å². The Morgan fingerprint density at radius 2 is 2.28 bits per heavy atom. The molecule has 0 spiro atoms. The number of nitrogens with one attached hydrogen (secondary N) is 1. The Balaban J connectivity index is 2.32. The van der Waals surface area contributed by atoms with Crippen molar-refractivity contribution in [3.63, 3.8) is 0 Å². The smallest absolute Gasteiger partial charge is 0.230 e. The molecule has 0 radical (unpaired) electrons. The Labute approximate surface area is 112 Å². The molecule has 5 heteroatoms. The zero-order valence-corrected chi connectivity index (χ0v) is 11.7. The van der Waals surface area contributed by atoms with E-state index in [4.69, 9.17) is 10.5 Å². The summed E-state index contributed by atoms with van der Waals surface area (Å²) in [5, 5.41) is 2.85. The van der Waals surface area contributed by atoms with E-state index in [-0.39, 0.29) is 5.91 Å². The first kappa shape index (κ1) is 14.9. The Morgan fingerprint density at radius 3 is 3.00 bits per heavy atom. The molecule has 0 aliphatic heterocycles. The molecule has 0 saturated heterocycles. The number of nitrogen functional groups attached to an aromatic ring is 1. The van der Waals surface area contributed by atoms with Gasteiger partial charge in [0.05, 0.1) is 5.75 Å². The highest BCUT2D eigenvalue weighted by atomic mass is 32.2. The standard InChI is InChI=1S/C13H20N2O2S/c1-10-11(14)5-3-6-12(10)18-9-13(16)15-7-4-8-17-2/h3,5-6H,4,7-9,14H2,1-2H3,(H,15,16). The van der Waals surface area contributed by atoms with Crippen molar-refractivity contribution in [1.82, 2.24) is 5.32 Å². The monoisotopic (exact) mass is 268 g/mol. The van der Waals surface area contributed by atoms with Crippen LogP contribution in [0.25, 0.3) is 0 Å². The molecule has 1 aromatic rings. The maximum absolute atomic E-state index is 11.6. The highest BCUT2D eigenvalue weighted by Crippen LogP contribution is 2.25. The van der Waals surface area contributed by atoms with Crippen molar-refractivity contribution in [1.29, 1.82) is 0 Å². The number of hydrogen-bond donors (Lipinski definition) is 2. The summed E-state index contributed by atoms with van der Waals surface area (Å²) in [6.07, 6.45) is 0.838. The van der Waals surface area contributed by atoms with Crippen molar-refractivity contribution in [2.75, 3.05) is 31.7 Å². The van der Waals surface area contributed by atoms with Crippen LogP contribution in [-0.2, 0) is 9.53 Å². The molecule has 4 nitrogen and oxygen atoms in total. The van der Waals surface area contributed by atoms with Crippen molar-refractivity contribution in [3.8, 4) is 0 Å². The minimum Gasteiger partial charge on any atom is -0.398 e. The third-order valence-corrected chi connectivity index (χ3v) is 3.69. The lowest BCUT2D eigenvalue weighted by Gasteiger charge is -2.08. The molecular formula is C13H20N2O2S. The number of hydrogen-bond acceptors (Lipinski definition) is 4. The molecule has 0 fully saturated rings. The number of carbonyl (C=O) groups is 1. The second-order valence-electron chi connectivity index (χ2n) is 3.96. The highest BCUT2D eigenvalue weighted by molar-refractivity contribution is 8.00. The van der Waals surface area contributed by atoms with Crippen molar-refractivity contribution < 1.29 is 9.53 Å². The first-order valence-electron chi connectivity index (χ1n) is 5.88. The number of anilines is 1. The molecule has 1 amide bonds. The molecule has 0 heterocycles. The largest absolute Gasteiger partial charge is 0.398 e. The van der Waals surface area contributed by atoms with E-state index in [0.29, 0.717) is 18.9 Å². The van der Waals surface area contributed by atoms with E-state index in [9.17, 15) is 4.79 Å². The number of nitrogens with two attached hydrogens (primary N) is 1. The van der Waals surface area contributed by atoms with Gasteiger partial charge in [0, 0.05) is 30.8 Å². The summed E-state index contributed by atoms with van der Waals surface area (Å²) >= 11 is 1.51. The van der Waals surface area contributed by atoms with Crippen LogP contribution in [0.5, 0.6) is 0 Å². The lowest BCUT2D eigenvalue weighted by molar-refractivity contribution is -0.118. The third kappa shape index (κ3) is 4.98. The molecule has 0 aliphatic carbocycles. The number of thioether (sulfide) groups is 1. The number of benzene rings is 1. The fourth-order valence-corrected chi connectivity index (χ4v) is 2.32. The van der Waals surface area contributed by atoms with Gasteiger partial charge >= 0.3 is 0 Å². The van der Waals surface area contributed by atoms with Gasteiger partial charge in [0.2, 0.25) is 5.91 Å². The summed E-state index contributed by atoms with van der Waals surface area (Å²) in [6, 6.07) is 5.75. The Hall–Kier alpha value is -1.20. The van der Waals surface area contributed by atoms with E-state index in [0.717, 1.165) is 22.6 Å². The third-order valence-electron chi connectivity index (χ3n) is 2.53. The van der Waals surface area contributed by atoms with Crippen LogP contribution in [-0.4, -0.2) is 31.9 Å². The molecule has 0 bridgehead atoms. The molecule has 100 valence electrons. The SMILES string of the molecule is COCCCNC(=O)CSc1cccc(N)c1C. The van der Waals surface area contributed by atoms with E-state index >= 15 is 0 Å². The lowest BCUT2D eigenvalue weighted by Crippen LogP contribution is -2.26. The van der Waals surface area contributed by atoms with E-state index < -0.39 is 0 Å². The molecular weight excluding hydrogens is 248 g/mol. The van der Waals surface area contributed by atoms with Crippen molar-refractivity contribution >= 4 is 23.4 Å². The van der Waals surface area contributed by atoms with Gasteiger partial charge in [0.1, 0.15) is 0 Å². The van der Waals surface area contributed by atoms with E-state index in [2.05, 4.69) is 5.32 Å². The lowest BCUT2D eigenvalue weighted by atomic mass is 10.2. The molecule has 1 rings (SSSR count). The van der Waals surface area contributed by atoms with Crippen molar-refractivity contribution in [2.45, 2.75) is 18.2 Å². The summed E-state index contributed by atoms with van der Waals surface area (Å²) in [4.78, 5) is 12.6. The van der Waals surface area contributed by atoms with E-state index in [1.54, 1.807) is 7.11 Å². The number of rotatable bonds is 7. The number of methoxy groups -OCH3 is 1. The van der Waals surface area contributed by atoms with Crippen LogP contribution < -0.4 is 11.1 Å². The fraction of sp³-hybridized carbons (Fsp3) is 0.462. The van der Waals surface area contributed by atoms with Crippen LogP contribution in [0.15, 0.2) is 23.1 Å². The Morgan fingerprint density at radius 1 is 1.50 bits per heavy atom. The van der Waals surface area contributed by atoms with E-state index in [1.165, 1.54) is 11.8 Å². The van der Waals surface area contributed by atoms with Gasteiger partial charge in [-0.3, -0.25) is 4.79 Å². The second kappa shape index (κ2) is 8.00. The molecule has 3 N–H and O–H groups in total.